The first-order valence-corrected chi connectivity index (χ1v) is 12.2. The molecular weight excluding hydrogens is 352 g/mol. The highest BCUT2D eigenvalue weighted by Crippen LogP contribution is 2.65. The van der Waals surface area contributed by atoms with Crippen molar-refractivity contribution in [2.75, 3.05) is 13.2 Å². The van der Waals surface area contributed by atoms with Gasteiger partial charge in [0.2, 0.25) is 0 Å². The summed E-state index contributed by atoms with van der Waals surface area (Å²) in [5.74, 6) is 1.81. The summed E-state index contributed by atoms with van der Waals surface area (Å²) in [5, 5.41) is 9.77. The van der Waals surface area contributed by atoms with Crippen molar-refractivity contribution >= 4 is 0 Å². The van der Waals surface area contributed by atoms with E-state index in [2.05, 4.69) is 0 Å². The Kier molecular flexibility index (Phi) is 4.60. The zero-order chi connectivity index (χ0) is 18.8. The van der Waals surface area contributed by atoms with Crippen LogP contribution in [0.3, 0.4) is 0 Å². The van der Waals surface area contributed by atoms with Crippen molar-refractivity contribution in [3.05, 3.63) is 0 Å². The summed E-state index contributed by atoms with van der Waals surface area (Å²) in [5.41, 5.74) is 0.845. The molecule has 0 aromatic carbocycles. The molecule has 0 spiro atoms. The van der Waals surface area contributed by atoms with Crippen molar-refractivity contribution in [3.63, 3.8) is 0 Å². The van der Waals surface area contributed by atoms with E-state index in [9.17, 15) is 5.11 Å². The topological polar surface area (TPSA) is 51.2 Å². The molecule has 1 N–H and O–H groups in total. The molecule has 6 saturated carbocycles. The minimum Gasteiger partial charge on any atom is -0.393 e. The largest absolute Gasteiger partial charge is 0.393 e. The van der Waals surface area contributed by atoms with Crippen molar-refractivity contribution in [2.45, 2.75) is 114 Å². The number of hydrogen-bond acceptors (Lipinski definition) is 4. The third-order valence-corrected chi connectivity index (χ3v) is 9.15. The first kappa shape index (κ1) is 18.6. The number of hydrogen-bond donors (Lipinski definition) is 1. The van der Waals surface area contributed by atoms with E-state index in [-0.39, 0.29) is 6.10 Å². The maximum atomic E-state index is 9.77. The Bertz CT molecular complexity index is 569. The van der Waals surface area contributed by atoms with Crippen molar-refractivity contribution in [2.24, 2.45) is 22.7 Å². The van der Waals surface area contributed by atoms with Gasteiger partial charge in [0, 0.05) is 6.42 Å². The first-order chi connectivity index (χ1) is 13.6. The normalized spacial score (nSPS) is 54.5. The molecule has 4 bridgehead atoms. The third-order valence-electron chi connectivity index (χ3n) is 9.15. The van der Waals surface area contributed by atoms with E-state index < -0.39 is 0 Å². The van der Waals surface area contributed by atoms with Crippen molar-refractivity contribution in [1.82, 2.24) is 0 Å². The molecule has 1 heterocycles. The van der Waals surface area contributed by atoms with Gasteiger partial charge < -0.3 is 19.3 Å². The second kappa shape index (κ2) is 6.93. The van der Waals surface area contributed by atoms with Crippen LogP contribution < -0.4 is 0 Å². The SMILES string of the molecule is OC1CCC(OCC23CC4CC(C2)CC(COC2CCC5OC5C2)(C4)C3)CC1. The molecule has 0 aromatic rings. The molecule has 0 amide bonds. The smallest absolute Gasteiger partial charge is 0.0866 e. The summed E-state index contributed by atoms with van der Waals surface area (Å²) in [7, 11) is 0. The predicted octanol–water partition coefficient (Wildman–Crippen LogP) is 4.23. The number of epoxide rings is 1. The molecule has 7 rings (SSSR count). The summed E-state index contributed by atoms with van der Waals surface area (Å²) in [6.45, 7) is 1.95. The molecule has 6 aliphatic carbocycles. The fraction of sp³-hybridized carbons (Fsp3) is 1.00. The summed E-state index contributed by atoms with van der Waals surface area (Å²) < 4.78 is 18.8. The van der Waals surface area contributed by atoms with Crippen molar-refractivity contribution in [3.8, 4) is 0 Å². The molecule has 5 unspecified atom stereocenters. The highest BCUT2D eigenvalue weighted by Gasteiger charge is 2.58. The Balaban J connectivity index is 1.08. The van der Waals surface area contributed by atoms with E-state index in [4.69, 9.17) is 14.2 Å². The van der Waals surface area contributed by atoms with Gasteiger partial charge in [0.25, 0.3) is 0 Å². The molecule has 4 nitrogen and oxygen atoms in total. The average Bonchev–Trinajstić information content (AvgIpc) is 3.44. The number of rotatable bonds is 6. The molecular formula is C24H38O4. The fourth-order valence-corrected chi connectivity index (χ4v) is 8.31. The standard InChI is InChI=1S/C24H38O4/c25-18-1-3-19(4-2-18)26-14-23-9-16-7-17(10-23)12-24(11-16,13-23)15-27-20-5-6-21-22(8-20)28-21/h16-22,25H,1-15H2. The van der Waals surface area contributed by atoms with Crippen LogP contribution in [0.15, 0.2) is 0 Å². The summed E-state index contributed by atoms with van der Waals surface area (Å²) in [6, 6.07) is 0. The number of ether oxygens (including phenoxy) is 3. The maximum absolute atomic E-state index is 9.77. The molecule has 7 aliphatic rings. The van der Waals surface area contributed by atoms with Crippen LogP contribution in [0.25, 0.3) is 0 Å². The Morgan fingerprint density at radius 3 is 1.96 bits per heavy atom. The predicted molar refractivity (Wildman–Crippen MR) is 106 cm³/mol. The molecule has 28 heavy (non-hydrogen) atoms. The average molecular weight is 391 g/mol. The fourth-order valence-electron chi connectivity index (χ4n) is 8.31. The third kappa shape index (κ3) is 3.57. The Morgan fingerprint density at radius 2 is 1.32 bits per heavy atom. The molecule has 5 atom stereocenters. The minimum atomic E-state index is -0.0871. The van der Waals surface area contributed by atoms with Crippen molar-refractivity contribution < 1.29 is 19.3 Å². The van der Waals surface area contributed by atoms with Crippen LogP contribution in [0.5, 0.6) is 0 Å². The lowest BCUT2D eigenvalue weighted by Gasteiger charge is -2.62. The lowest BCUT2D eigenvalue weighted by atomic mass is 9.44. The van der Waals surface area contributed by atoms with Gasteiger partial charge in [-0.05, 0) is 99.7 Å². The lowest BCUT2D eigenvalue weighted by molar-refractivity contribution is -0.177. The highest BCUT2D eigenvalue weighted by atomic mass is 16.6. The van der Waals surface area contributed by atoms with Gasteiger partial charge in [-0.1, -0.05) is 0 Å². The zero-order valence-electron chi connectivity index (χ0n) is 17.3. The van der Waals surface area contributed by atoms with Gasteiger partial charge in [0.15, 0.2) is 0 Å². The maximum Gasteiger partial charge on any atom is 0.0866 e. The summed E-state index contributed by atoms with van der Waals surface area (Å²) in [4.78, 5) is 0. The Morgan fingerprint density at radius 1 is 0.714 bits per heavy atom. The van der Waals surface area contributed by atoms with Gasteiger partial charge in [-0.25, -0.2) is 0 Å². The second-order valence-corrected chi connectivity index (χ2v) is 11.7. The molecule has 1 aliphatic heterocycles. The van der Waals surface area contributed by atoms with Gasteiger partial charge in [0.05, 0.1) is 43.7 Å². The first-order valence-electron chi connectivity index (χ1n) is 12.2. The van der Waals surface area contributed by atoms with Crippen LogP contribution in [0.4, 0.5) is 0 Å². The van der Waals surface area contributed by atoms with E-state index in [1.807, 2.05) is 0 Å². The van der Waals surface area contributed by atoms with Gasteiger partial charge >= 0.3 is 0 Å². The number of fused-ring (bicyclic) bond motifs is 1. The van der Waals surface area contributed by atoms with Gasteiger partial charge in [-0.3, -0.25) is 0 Å². The highest BCUT2D eigenvalue weighted by molar-refractivity contribution is 5.08. The van der Waals surface area contributed by atoms with Crippen LogP contribution in [0, 0.1) is 22.7 Å². The van der Waals surface area contributed by atoms with Crippen LogP contribution >= 0.6 is 0 Å². The van der Waals surface area contributed by atoms with Gasteiger partial charge in [-0.2, -0.15) is 0 Å². The molecule has 0 radical (unpaired) electrons. The van der Waals surface area contributed by atoms with Gasteiger partial charge in [-0.15, -0.1) is 0 Å². The lowest BCUT2D eigenvalue weighted by Crippen LogP contribution is -2.55. The Hall–Kier alpha value is -0.160. The van der Waals surface area contributed by atoms with Crippen LogP contribution in [-0.4, -0.2) is 48.8 Å². The molecule has 7 fully saturated rings. The minimum absolute atomic E-state index is 0.0871. The Labute approximate surface area is 169 Å². The van der Waals surface area contributed by atoms with E-state index in [0.717, 1.165) is 57.2 Å². The van der Waals surface area contributed by atoms with E-state index >= 15 is 0 Å². The second-order valence-electron chi connectivity index (χ2n) is 11.7. The van der Waals surface area contributed by atoms with Crippen LogP contribution in [0.1, 0.15) is 83.5 Å². The molecule has 4 heteroatoms. The molecule has 158 valence electrons. The molecule has 1 saturated heterocycles. The monoisotopic (exact) mass is 390 g/mol. The van der Waals surface area contributed by atoms with Crippen LogP contribution in [0.2, 0.25) is 0 Å². The number of aliphatic hydroxyl groups is 1. The zero-order valence-corrected chi connectivity index (χ0v) is 17.3. The number of aliphatic hydroxyl groups excluding tert-OH is 1. The van der Waals surface area contributed by atoms with E-state index in [1.54, 1.807) is 0 Å². The van der Waals surface area contributed by atoms with Crippen LogP contribution in [-0.2, 0) is 14.2 Å². The summed E-state index contributed by atoms with van der Waals surface area (Å²) in [6.07, 6.45) is 17.7. The van der Waals surface area contributed by atoms with Crippen molar-refractivity contribution in [1.29, 1.82) is 0 Å². The van der Waals surface area contributed by atoms with Gasteiger partial charge in [0.1, 0.15) is 0 Å². The van der Waals surface area contributed by atoms with E-state index in [0.29, 0.717) is 35.2 Å². The quantitative estimate of drug-likeness (QED) is 0.690. The summed E-state index contributed by atoms with van der Waals surface area (Å²) >= 11 is 0. The van der Waals surface area contributed by atoms with E-state index in [1.165, 1.54) is 51.4 Å². The molecule has 0 aromatic heterocycles.